The van der Waals surface area contributed by atoms with Crippen molar-refractivity contribution < 1.29 is 14.3 Å². The summed E-state index contributed by atoms with van der Waals surface area (Å²) in [4.78, 5) is 16.2. The number of hydrogen-bond acceptors (Lipinski definition) is 4. The third-order valence-corrected chi connectivity index (χ3v) is 9.39. The van der Waals surface area contributed by atoms with E-state index < -0.39 is 0 Å². The van der Waals surface area contributed by atoms with Crippen LogP contribution in [0.1, 0.15) is 48.8 Å². The first-order chi connectivity index (χ1) is 15.7. The van der Waals surface area contributed by atoms with E-state index >= 15 is 0 Å². The summed E-state index contributed by atoms with van der Waals surface area (Å²) in [6, 6.07) is 15.7. The summed E-state index contributed by atoms with van der Waals surface area (Å²) in [6.45, 7) is 2.29. The van der Waals surface area contributed by atoms with Crippen LogP contribution in [0.5, 0.6) is 11.5 Å². The Morgan fingerprint density at radius 1 is 1.12 bits per heavy atom. The lowest BCUT2D eigenvalue weighted by atomic mass is 9.42. The number of likely N-dealkylation sites (tertiary alicyclic amines) is 1. The Labute approximate surface area is 189 Å². The summed E-state index contributed by atoms with van der Waals surface area (Å²) >= 11 is 0. The molecule has 166 valence electrons. The van der Waals surface area contributed by atoms with Crippen molar-refractivity contribution in [3.8, 4) is 11.5 Å². The number of carbonyl (C=O) groups is 1. The summed E-state index contributed by atoms with van der Waals surface area (Å²) in [5.74, 6) is 2.80. The van der Waals surface area contributed by atoms with E-state index in [4.69, 9.17) is 9.47 Å². The van der Waals surface area contributed by atoms with Gasteiger partial charge in [0, 0.05) is 30.0 Å². The van der Waals surface area contributed by atoms with E-state index in [1.54, 1.807) is 7.11 Å². The third kappa shape index (κ3) is 2.34. The molecule has 3 fully saturated rings. The normalized spacial score (nSPS) is 34.7. The van der Waals surface area contributed by atoms with Gasteiger partial charge in [0.05, 0.1) is 12.5 Å². The highest BCUT2D eigenvalue weighted by Gasteiger charge is 2.72. The number of hydrogen-bond donors (Lipinski definition) is 0. The lowest BCUT2D eigenvalue weighted by Gasteiger charge is -2.65. The summed E-state index contributed by atoms with van der Waals surface area (Å²) in [7, 11) is 1.71. The van der Waals surface area contributed by atoms with Crippen LogP contribution in [0, 0.1) is 11.3 Å². The number of benzene rings is 2. The highest BCUT2D eigenvalue weighted by molar-refractivity contribution is 5.89. The molecule has 2 bridgehead atoms. The van der Waals surface area contributed by atoms with Crippen LogP contribution >= 0.6 is 0 Å². The van der Waals surface area contributed by atoms with Crippen LogP contribution in [0.25, 0.3) is 0 Å². The highest BCUT2D eigenvalue weighted by Crippen LogP contribution is 2.69. The van der Waals surface area contributed by atoms with Crippen molar-refractivity contribution >= 4 is 5.78 Å². The van der Waals surface area contributed by atoms with Crippen LogP contribution in [0.3, 0.4) is 0 Å². The Morgan fingerprint density at radius 2 is 1.97 bits per heavy atom. The first-order valence-corrected chi connectivity index (χ1v) is 12.3. The van der Waals surface area contributed by atoms with Crippen molar-refractivity contribution in [3.05, 3.63) is 59.2 Å². The van der Waals surface area contributed by atoms with E-state index in [1.165, 1.54) is 36.1 Å². The maximum absolute atomic E-state index is 13.4. The zero-order chi connectivity index (χ0) is 21.5. The van der Waals surface area contributed by atoms with Crippen molar-refractivity contribution in [2.75, 3.05) is 20.2 Å². The molecule has 1 saturated heterocycles. The van der Waals surface area contributed by atoms with Crippen molar-refractivity contribution in [2.45, 2.75) is 62.5 Å². The SMILES string of the molecule is COc1ccc2c3c1O[C@H]1C(=O)CC[C@@]4(Cc5ccccc5)[C@@H](C2)N(CC2CC2)CC[C@]314. The van der Waals surface area contributed by atoms with Gasteiger partial charge < -0.3 is 9.47 Å². The topological polar surface area (TPSA) is 38.8 Å². The second kappa shape index (κ2) is 6.60. The predicted molar refractivity (Wildman–Crippen MR) is 122 cm³/mol. The standard InChI is InChI=1S/C28H31NO3/c1-31-22-10-9-20-15-23-27(16-18-5-3-2-4-6-18)12-11-21(30)26-28(27,24(20)25(22)32-26)13-14-29(23)17-19-7-8-19/h2-6,9-10,19,23,26H,7-8,11-17H2,1H3/t23-,26+,27-,28+/m1/s1. The number of methoxy groups -OCH3 is 1. The van der Waals surface area contributed by atoms with Crippen LogP contribution in [-0.4, -0.2) is 43.0 Å². The number of rotatable bonds is 5. The molecule has 0 N–H and O–H groups in total. The van der Waals surface area contributed by atoms with Gasteiger partial charge in [0.1, 0.15) is 0 Å². The van der Waals surface area contributed by atoms with Gasteiger partial charge in [0.2, 0.25) is 0 Å². The van der Waals surface area contributed by atoms with E-state index in [2.05, 4.69) is 47.4 Å². The minimum atomic E-state index is -0.365. The minimum Gasteiger partial charge on any atom is -0.493 e. The first kappa shape index (κ1) is 19.2. The van der Waals surface area contributed by atoms with Gasteiger partial charge in [-0.05, 0) is 68.2 Å². The Balaban J connectivity index is 1.47. The highest BCUT2D eigenvalue weighted by atomic mass is 16.5. The Bertz CT molecular complexity index is 1090. The molecule has 7 rings (SSSR count). The number of ketones is 1. The molecule has 2 saturated carbocycles. The largest absolute Gasteiger partial charge is 0.493 e. The zero-order valence-electron chi connectivity index (χ0n) is 18.8. The molecule has 4 atom stereocenters. The van der Waals surface area contributed by atoms with Gasteiger partial charge in [-0.1, -0.05) is 36.4 Å². The Morgan fingerprint density at radius 3 is 2.75 bits per heavy atom. The number of nitrogens with zero attached hydrogens (tertiary/aromatic N) is 1. The van der Waals surface area contributed by atoms with Gasteiger partial charge in [0.15, 0.2) is 23.4 Å². The van der Waals surface area contributed by atoms with Crippen LogP contribution in [0.2, 0.25) is 0 Å². The van der Waals surface area contributed by atoms with Crippen molar-refractivity contribution in [2.24, 2.45) is 11.3 Å². The van der Waals surface area contributed by atoms with E-state index in [1.807, 2.05) is 0 Å². The molecule has 0 aromatic heterocycles. The van der Waals surface area contributed by atoms with Gasteiger partial charge in [-0.25, -0.2) is 0 Å². The summed E-state index contributed by atoms with van der Waals surface area (Å²) in [6.07, 6.45) is 7.05. The van der Waals surface area contributed by atoms with Gasteiger partial charge >= 0.3 is 0 Å². The average molecular weight is 430 g/mol. The molecule has 32 heavy (non-hydrogen) atoms. The summed E-state index contributed by atoms with van der Waals surface area (Å²) in [5, 5.41) is 0. The predicted octanol–water partition coefficient (Wildman–Crippen LogP) is 4.33. The molecule has 4 heteroatoms. The molecular formula is C28H31NO3. The molecule has 2 aromatic rings. The number of carbonyl (C=O) groups excluding carboxylic acids is 1. The van der Waals surface area contributed by atoms with Crippen LogP contribution in [0.15, 0.2) is 42.5 Å². The maximum atomic E-state index is 13.4. The number of piperidine rings is 1. The minimum absolute atomic E-state index is 0.0185. The molecule has 1 spiro atoms. The van der Waals surface area contributed by atoms with Crippen molar-refractivity contribution in [1.82, 2.24) is 4.90 Å². The maximum Gasteiger partial charge on any atom is 0.174 e. The second-order valence-corrected chi connectivity index (χ2v) is 10.8. The molecule has 2 heterocycles. The third-order valence-electron chi connectivity index (χ3n) is 9.39. The molecule has 5 aliphatic rings. The molecule has 0 unspecified atom stereocenters. The second-order valence-electron chi connectivity index (χ2n) is 10.8. The van der Waals surface area contributed by atoms with Gasteiger partial charge in [-0.2, -0.15) is 0 Å². The van der Waals surface area contributed by atoms with Crippen molar-refractivity contribution in [1.29, 1.82) is 0 Å². The number of Topliss-reactive ketones (excluding diaryl/α,β-unsaturated/α-hetero) is 1. The lowest BCUT2D eigenvalue weighted by Crippen LogP contribution is -2.73. The Hall–Kier alpha value is -2.33. The van der Waals surface area contributed by atoms with Gasteiger partial charge in [-0.3, -0.25) is 9.69 Å². The molecular weight excluding hydrogens is 398 g/mol. The van der Waals surface area contributed by atoms with E-state index in [-0.39, 0.29) is 22.7 Å². The van der Waals surface area contributed by atoms with Crippen LogP contribution < -0.4 is 9.47 Å². The smallest absolute Gasteiger partial charge is 0.174 e. The average Bonchev–Trinajstić information content (AvgIpc) is 3.55. The van der Waals surface area contributed by atoms with Gasteiger partial charge in [0.25, 0.3) is 0 Å². The molecule has 3 aliphatic carbocycles. The molecule has 4 nitrogen and oxygen atoms in total. The van der Waals surface area contributed by atoms with E-state index in [0.717, 1.165) is 49.6 Å². The summed E-state index contributed by atoms with van der Waals surface area (Å²) in [5.41, 5.74) is 3.86. The van der Waals surface area contributed by atoms with Crippen LogP contribution in [0.4, 0.5) is 0 Å². The quantitative estimate of drug-likeness (QED) is 0.709. The first-order valence-electron chi connectivity index (χ1n) is 12.3. The van der Waals surface area contributed by atoms with Crippen LogP contribution in [-0.2, 0) is 23.1 Å². The Kier molecular flexibility index (Phi) is 3.95. The molecule has 0 radical (unpaired) electrons. The summed E-state index contributed by atoms with van der Waals surface area (Å²) < 4.78 is 12.3. The van der Waals surface area contributed by atoms with E-state index in [9.17, 15) is 4.79 Å². The lowest BCUT2D eigenvalue weighted by molar-refractivity contribution is -0.155. The van der Waals surface area contributed by atoms with Gasteiger partial charge in [-0.15, -0.1) is 0 Å². The fourth-order valence-corrected chi connectivity index (χ4v) is 7.94. The zero-order valence-corrected chi connectivity index (χ0v) is 18.8. The monoisotopic (exact) mass is 429 g/mol. The number of ether oxygens (including phenoxy) is 2. The molecule has 0 amide bonds. The molecule has 2 aromatic carbocycles. The van der Waals surface area contributed by atoms with Crippen molar-refractivity contribution in [3.63, 3.8) is 0 Å². The molecule has 2 aliphatic heterocycles. The fourth-order valence-electron chi connectivity index (χ4n) is 7.94. The fraction of sp³-hybridized carbons (Fsp3) is 0.536. The van der Waals surface area contributed by atoms with E-state index in [0.29, 0.717) is 12.5 Å².